The van der Waals surface area contributed by atoms with Crippen molar-refractivity contribution in [3.05, 3.63) is 11.3 Å². The van der Waals surface area contributed by atoms with Crippen LogP contribution in [0.15, 0.2) is 0 Å². The summed E-state index contributed by atoms with van der Waals surface area (Å²) in [6.45, 7) is 10.5. The van der Waals surface area contributed by atoms with Crippen LogP contribution in [0.3, 0.4) is 0 Å². The van der Waals surface area contributed by atoms with E-state index in [0.29, 0.717) is 6.04 Å². The zero-order chi connectivity index (χ0) is 14.0. The van der Waals surface area contributed by atoms with E-state index in [-0.39, 0.29) is 0 Å². The van der Waals surface area contributed by atoms with E-state index in [1.807, 2.05) is 18.7 Å². The van der Waals surface area contributed by atoms with Gasteiger partial charge in [-0.1, -0.05) is 13.8 Å². The SMILES string of the molecule is CCN(CC)C1CCN(c2c(C=O)c(C)nn2C)C1. The Morgan fingerprint density at radius 2 is 2.11 bits per heavy atom. The lowest BCUT2D eigenvalue weighted by molar-refractivity contribution is 0.112. The normalized spacial score (nSPS) is 19.4. The number of hydrogen-bond donors (Lipinski definition) is 0. The standard InChI is InChI=1S/C14H24N4O/c1-5-17(6-2)12-7-8-18(9-12)14-13(10-19)11(3)15-16(14)4/h10,12H,5-9H2,1-4H3. The molecule has 0 saturated carbocycles. The Morgan fingerprint density at radius 1 is 1.42 bits per heavy atom. The molecule has 0 bridgehead atoms. The maximum absolute atomic E-state index is 11.3. The van der Waals surface area contributed by atoms with Crippen molar-refractivity contribution in [3.8, 4) is 0 Å². The van der Waals surface area contributed by atoms with Gasteiger partial charge in [0.1, 0.15) is 5.82 Å². The monoisotopic (exact) mass is 264 g/mol. The van der Waals surface area contributed by atoms with Crippen LogP contribution >= 0.6 is 0 Å². The highest BCUT2D eigenvalue weighted by molar-refractivity contribution is 5.84. The number of likely N-dealkylation sites (N-methyl/N-ethyl adjacent to an activating group) is 1. The highest BCUT2D eigenvalue weighted by Gasteiger charge is 2.29. The molecular weight excluding hydrogens is 240 g/mol. The molecular formula is C14H24N4O. The van der Waals surface area contributed by atoms with Gasteiger partial charge in [0.05, 0.1) is 11.3 Å². The maximum Gasteiger partial charge on any atom is 0.155 e. The second-order valence-electron chi connectivity index (χ2n) is 5.17. The fourth-order valence-corrected chi connectivity index (χ4v) is 3.15. The molecule has 5 heteroatoms. The van der Waals surface area contributed by atoms with Gasteiger partial charge in [0.15, 0.2) is 6.29 Å². The van der Waals surface area contributed by atoms with Gasteiger partial charge in [0.25, 0.3) is 0 Å². The van der Waals surface area contributed by atoms with Gasteiger partial charge in [0, 0.05) is 26.2 Å². The third-order valence-electron chi connectivity index (χ3n) is 4.15. The van der Waals surface area contributed by atoms with Crippen molar-refractivity contribution >= 4 is 12.1 Å². The number of rotatable bonds is 5. The third kappa shape index (κ3) is 2.52. The Labute approximate surface area is 115 Å². The van der Waals surface area contributed by atoms with E-state index in [4.69, 9.17) is 0 Å². The second kappa shape index (κ2) is 5.74. The lowest BCUT2D eigenvalue weighted by Gasteiger charge is -2.26. The molecule has 1 aliphatic heterocycles. The van der Waals surface area contributed by atoms with Crippen molar-refractivity contribution in [3.63, 3.8) is 0 Å². The number of aldehydes is 1. The molecule has 0 aliphatic carbocycles. The second-order valence-corrected chi connectivity index (χ2v) is 5.17. The first-order valence-corrected chi connectivity index (χ1v) is 7.10. The predicted octanol–water partition coefficient (Wildman–Crippen LogP) is 1.46. The van der Waals surface area contributed by atoms with E-state index >= 15 is 0 Å². The number of aryl methyl sites for hydroxylation is 2. The highest BCUT2D eigenvalue weighted by Crippen LogP contribution is 2.26. The van der Waals surface area contributed by atoms with Gasteiger partial charge in [-0.15, -0.1) is 0 Å². The Morgan fingerprint density at radius 3 is 2.68 bits per heavy atom. The molecule has 19 heavy (non-hydrogen) atoms. The molecule has 1 saturated heterocycles. The summed E-state index contributed by atoms with van der Waals surface area (Å²) < 4.78 is 1.84. The van der Waals surface area contributed by atoms with Gasteiger partial charge in [0.2, 0.25) is 0 Å². The van der Waals surface area contributed by atoms with Crippen molar-refractivity contribution in [2.45, 2.75) is 33.2 Å². The van der Waals surface area contributed by atoms with Crippen molar-refractivity contribution in [1.29, 1.82) is 0 Å². The lowest BCUT2D eigenvalue weighted by Crippen LogP contribution is -2.37. The number of carbonyl (C=O) groups excluding carboxylic acids is 1. The van der Waals surface area contributed by atoms with Crippen LogP contribution in [0, 0.1) is 6.92 Å². The summed E-state index contributed by atoms with van der Waals surface area (Å²) in [7, 11) is 1.92. The highest BCUT2D eigenvalue weighted by atomic mass is 16.1. The van der Waals surface area contributed by atoms with Crippen LogP contribution in [-0.4, -0.2) is 53.2 Å². The summed E-state index contributed by atoms with van der Waals surface area (Å²) in [5.41, 5.74) is 1.56. The summed E-state index contributed by atoms with van der Waals surface area (Å²) in [5.74, 6) is 0.974. The molecule has 0 N–H and O–H groups in total. The van der Waals surface area contributed by atoms with E-state index < -0.39 is 0 Å². The number of carbonyl (C=O) groups is 1. The van der Waals surface area contributed by atoms with Crippen LogP contribution in [0.2, 0.25) is 0 Å². The fourth-order valence-electron chi connectivity index (χ4n) is 3.15. The Hall–Kier alpha value is -1.36. The predicted molar refractivity (Wildman–Crippen MR) is 76.9 cm³/mol. The van der Waals surface area contributed by atoms with Crippen LogP contribution in [0.25, 0.3) is 0 Å². The summed E-state index contributed by atoms with van der Waals surface area (Å²) in [6, 6.07) is 0.588. The van der Waals surface area contributed by atoms with Gasteiger partial charge in [-0.3, -0.25) is 14.4 Å². The molecule has 2 rings (SSSR count). The number of hydrogen-bond acceptors (Lipinski definition) is 4. The molecule has 1 unspecified atom stereocenters. The smallest absolute Gasteiger partial charge is 0.155 e. The Bertz CT molecular complexity index is 451. The Kier molecular flexibility index (Phi) is 4.24. The minimum absolute atomic E-state index is 0.588. The van der Waals surface area contributed by atoms with Gasteiger partial charge in [-0.25, -0.2) is 0 Å². The first kappa shape index (κ1) is 14.1. The van der Waals surface area contributed by atoms with Crippen molar-refractivity contribution in [1.82, 2.24) is 14.7 Å². The summed E-state index contributed by atoms with van der Waals surface area (Å²) >= 11 is 0. The summed E-state index contributed by atoms with van der Waals surface area (Å²) in [6.07, 6.45) is 2.09. The van der Waals surface area contributed by atoms with E-state index in [1.165, 1.54) is 0 Å². The molecule has 5 nitrogen and oxygen atoms in total. The van der Waals surface area contributed by atoms with Gasteiger partial charge >= 0.3 is 0 Å². The van der Waals surface area contributed by atoms with Crippen LogP contribution in [-0.2, 0) is 7.05 Å². The average molecular weight is 264 g/mol. The van der Waals surface area contributed by atoms with Crippen LogP contribution in [0.1, 0.15) is 36.3 Å². The molecule has 1 aliphatic rings. The molecule has 1 aromatic rings. The average Bonchev–Trinajstić information content (AvgIpc) is 2.95. The lowest BCUT2D eigenvalue weighted by atomic mass is 10.2. The van der Waals surface area contributed by atoms with Gasteiger partial charge < -0.3 is 4.90 Å². The van der Waals surface area contributed by atoms with Crippen molar-refractivity contribution < 1.29 is 4.79 Å². The molecule has 1 fully saturated rings. The minimum atomic E-state index is 0.588. The molecule has 106 valence electrons. The van der Waals surface area contributed by atoms with Crippen LogP contribution in [0.5, 0.6) is 0 Å². The number of nitrogens with zero attached hydrogens (tertiary/aromatic N) is 4. The molecule has 0 radical (unpaired) electrons. The zero-order valence-electron chi connectivity index (χ0n) is 12.4. The van der Waals surface area contributed by atoms with E-state index in [1.54, 1.807) is 0 Å². The molecule has 0 aromatic carbocycles. The quantitative estimate of drug-likeness (QED) is 0.755. The summed E-state index contributed by atoms with van der Waals surface area (Å²) in [4.78, 5) is 16.0. The van der Waals surface area contributed by atoms with E-state index in [2.05, 4.69) is 28.7 Å². The van der Waals surface area contributed by atoms with Gasteiger partial charge in [-0.05, 0) is 26.4 Å². The van der Waals surface area contributed by atoms with Crippen molar-refractivity contribution in [2.24, 2.45) is 7.05 Å². The topological polar surface area (TPSA) is 41.4 Å². The number of aromatic nitrogens is 2. The largest absolute Gasteiger partial charge is 0.355 e. The van der Waals surface area contributed by atoms with Crippen LogP contribution in [0.4, 0.5) is 5.82 Å². The zero-order valence-corrected chi connectivity index (χ0v) is 12.4. The van der Waals surface area contributed by atoms with E-state index in [9.17, 15) is 4.79 Å². The molecule has 2 heterocycles. The molecule has 1 atom stereocenters. The molecule has 1 aromatic heterocycles. The Balaban J connectivity index is 2.19. The number of anilines is 1. The maximum atomic E-state index is 11.3. The fraction of sp³-hybridized carbons (Fsp3) is 0.714. The first-order valence-electron chi connectivity index (χ1n) is 7.10. The van der Waals surface area contributed by atoms with Gasteiger partial charge in [-0.2, -0.15) is 5.10 Å². The third-order valence-corrected chi connectivity index (χ3v) is 4.15. The van der Waals surface area contributed by atoms with E-state index in [0.717, 1.165) is 56.0 Å². The minimum Gasteiger partial charge on any atom is -0.355 e. The van der Waals surface area contributed by atoms with Crippen LogP contribution < -0.4 is 4.90 Å². The summed E-state index contributed by atoms with van der Waals surface area (Å²) in [5, 5.41) is 4.37. The van der Waals surface area contributed by atoms with Crippen molar-refractivity contribution in [2.75, 3.05) is 31.1 Å². The molecule has 0 amide bonds. The molecule has 0 spiro atoms. The first-order chi connectivity index (χ1) is 9.12.